The van der Waals surface area contributed by atoms with Gasteiger partial charge in [-0.1, -0.05) is 31.2 Å². The van der Waals surface area contributed by atoms with Crippen molar-refractivity contribution in [2.45, 2.75) is 38.4 Å². The Morgan fingerprint density at radius 1 is 1.39 bits per heavy atom. The molecule has 4 atom stereocenters. The Hall–Kier alpha value is -2.07. The summed E-state index contributed by atoms with van der Waals surface area (Å²) in [7, 11) is 0. The molecule has 0 radical (unpaired) electrons. The lowest BCUT2D eigenvalue weighted by atomic mass is 9.65. The fourth-order valence-electron chi connectivity index (χ4n) is 4.07. The Morgan fingerprint density at radius 3 is 2.87 bits per heavy atom. The molecule has 2 aliphatic rings. The Labute approximate surface area is 134 Å². The molecule has 23 heavy (non-hydrogen) atoms. The summed E-state index contributed by atoms with van der Waals surface area (Å²) in [5.41, 5.74) is 1.70. The fraction of sp³-hybridized carbons (Fsp3) is 0.421. The molecule has 1 N–H and O–H groups in total. The standard InChI is InChI=1S/C19H20O4/c1-10(2)12-8-14-11(3)19(21,9-12)23-17-13-6-4-5-7-15(13)22-18(20)16(14)17/h4-7,11-12,14,21H,1,8-9H2,2-3H3. The molecule has 1 aromatic carbocycles. The summed E-state index contributed by atoms with van der Waals surface area (Å²) in [6.07, 6.45) is 1.30. The number of hydrogen-bond acceptors (Lipinski definition) is 4. The molecule has 0 saturated heterocycles. The summed E-state index contributed by atoms with van der Waals surface area (Å²) in [5, 5.41) is 11.8. The van der Waals surface area contributed by atoms with Gasteiger partial charge in [0.1, 0.15) is 11.3 Å². The lowest BCUT2D eigenvalue weighted by Gasteiger charge is -2.49. The average Bonchev–Trinajstić information content (AvgIpc) is 2.48. The summed E-state index contributed by atoms with van der Waals surface area (Å²) >= 11 is 0. The van der Waals surface area contributed by atoms with E-state index in [4.69, 9.17) is 9.15 Å². The predicted octanol–water partition coefficient (Wildman–Crippen LogP) is 3.58. The first-order valence-corrected chi connectivity index (χ1v) is 8.03. The van der Waals surface area contributed by atoms with Crippen LogP contribution in [0.2, 0.25) is 0 Å². The van der Waals surface area contributed by atoms with Crippen LogP contribution >= 0.6 is 0 Å². The van der Waals surface area contributed by atoms with Crippen LogP contribution < -0.4 is 10.4 Å². The van der Waals surface area contributed by atoms with E-state index in [9.17, 15) is 9.90 Å². The second kappa shape index (κ2) is 4.71. The normalized spacial score (nSPS) is 32.2. The number of benzene rings is 1. The van der Waals surface area contributed by atoms with E-state index in [0.29, 0.717) is 23.3 Å². The summed E-state index contributed by atoms with van der Waals surface area (Å²) in [5.74, 6) is -0.881. The molecule has 0 spiro atoms. The maximum absolute atomic E-state index is 12.6. The van der Waals surface area contributed by atoms with Crippen molar-refractivity contribution in [2.24, 2.45) is 11.8 Å². The number of para-hydroxylation sites is 1. The zero-order chi connectivity index (χ0) is 16.4. The Balaban J connectivity index is 1.98. The van der Waals surface area contributed by atoms with Crippen molar-refractivity contribution in [2.75, 3.05) is 0 Å². The van der Waals surface area contributed by atoms with Gasteiger partial charge in [0.25, 0.3) is 0 Å². The van der Waals surface area contributed by atoms with Crippen LogP contribution in [0.15, 0.2) is 45.6 Å². The van der Waals surface area contributed by atoms with E-state index >= 15 is 0 Å². The largest absolute Gasteiger partial charge is 0.461 e. The molecule has 4 nitrogen and oxygen atoms in total. The van der Waals surface area contributed by atoms with Crippen LogP contribution in [0.4, 0.5) is 0 Å². The molecule has 2 heterocycles. The topological polar surface area (TPSA) is 59.7 Å². The minimum absolute atomic E-state index is 0.0833. The van der Waals surface area contributed by atoms with Gasteiger partial charge >= 0.3 is 5.63 Å². The lowest BCUT2D eigenvalue weighted by molar-refractivity contribution is -0.215. The first-order chi connectivity index (χ1) is 10.9. The molecule has 4 rings (SSSR count). The van der Waals surface area contributed by atoms with Crippen LogP contribution in [0.25, 0.3) is 11.0 Å². The lowest BCUT2D eigenvalue weighted by Crippen LogP contribution is -2.54. The van der Waals surface area contributed by atoms with Crippen LogP contribution in [0, 0.1) is 11.8 Å². The molecule has 1 aromatic heterocycles. The zero-order valence-corrected chi connectivity index (χ0v) is 13.3. The first kappa shape index (κ1) is 14.5. The van der Waals surface area contributed by atoms with E-state index in [1.807, 2.05) is 32.0 Å². The molecule has 2 bridgehead atoms. The maximum atomic E-state index is 12.6. The van der Waals surface area contributed by atoms with E-state index in [-0.39, 0.29) is 23.4 Å². The minimum atomic E-state index is -1.27. The number of rotatable bonds is 1. The van der Waals surface area contributed by atoms with Crippen LogP contribution in [0.5, 0.6) is 5.75 Å². The van der Waals surface area contributed by atoms with Gasteiger partial charge in [-0.2, -0.15) is 0 Å². The van der Waals surface area contributed by atoms with E-state index < -0.39 is 5.79 Å². The molecule has 4 heteroatoms. The second-order valence-electron chi connectivity index (χ2n) is 6.95. The third kappa shape index (κ3) is 1.98. The van der Waals surface area contributed by atoms with E-state index in [2.05, 4.69) is 6.58 Å². The fourth-order valence-corrected chi connectivity index (χ4v) is 4.07. The van der Waals surface area contributed by atoms with Gasteiger partial charge in [0.2, 0.25) is 5.79 Å². The second-order valence-corrected chi connectivity index (χ2v) is 6.95. The van der Waals surface area contributed by atoms with E-state index in [1.54, 1.807) is 6.07 Å². The molecular weight excluding hydrogens is 292 g/mol. The molecule has 4 unspecified atom stereocenters. The van der Waals surface area contributed by atoms with Gasteiger partial charge in [-0.25, -0.2) is 4.79 Å². The SMILES string of the molecule is C=C(C)C1CC2c3c(c4ccccc4oc3=O)OC(O)(C1)C2C. The first-order valence-electron chi connectivity index (χ1n) is 8.03. The van der Waals surface area contributed by atoms with Crippen LogP contribution in [-0.2, 0) is 0 Å². The van der Waals surface area contributed by atoms with Crippen LogP contribution in [0.3, 0.4) is 0 Å². The number of fused-ring (bicyclic) bond motifs is 6. The van der Waals surface area contributed by atoms with Gasteiger partial charge < -0.3 is 14.3 Å². The van der Waals surface area contributed by atoms with E-state index in [1.165, 1.54) is 0 Å². The summed E-state index contributed by atoms with van der Waals surface area (Å²) in [6.45, 7) is 7.93. The van der Waals surface area contributed by atoms with Gasteiger partial charge in [-0.05, 0) is 31.4 Å². The van der Waals surface area contributed by atoms with Crippen molar-refractivity contribution in [3.8, 4) is 5.75 Å². The third-order valence-electron chi connectivity index (χ3n) is 5.54. The van der Waals surface area contributed by atoms with E-state index in [0.717, 1.165) is 17.4 Å². The highest BCUT2D eigenvalue weighted by molar-refractivity contribution is 5.85. The van der Waals surface area contributed by atoms with Crippen molar-refractivity contribution in [3.63, 3.8) is 0 Å². The summed E-state index contributed by atoms with van der Waals surface area (Å²) < 4.78 is 11.5. The van der Waals surface area contributed by atoms with Crippen molar-refractivity contribution in [1.82, 2.24) is 0 Å². The molecular formula is C19H20O4. The van der Waals surface area contributed by atoms with Gasteiger partial charge in [0.05, 0.1) is 10.9 Å². The average molecular weight is 312 g/mol. The molecule has 1 fully saturated rings. The highest BCUT2D eigenvalue weighted by atomic mass is 16.6. The van der Waals surface area contributed by atoms with Gasteiger partial charge in [0.15, 0.2) is 0 Å². The highest BCUT2D eigenvalue weighted by Gasteiger charge is 2.53. The Bertz CT molecular complexity index is 865. The predicted molar refractivity (Wildman–Crippen MR) is 87.5 cm³/mol. The summed E-state index contributed by atoms with van der Waals surface area (Å²) in [6, 6.07) is 7.30. The Morgan fingerprint density at radius 2 is 2.13 bits per heavy atom. The number of allylic oxidation sites excluding steroid dienone is 1. The zero-order valence-electron chi connectivity index (χ0n) is 13.3. The van der Waals surface area contributed by atoms with Crippen molar-refractivity contribution in [1.29, 1.82) is 0 Å². The number of hydrogen-bond donors (Lipinski definition) is 1. The van der Waals surface area contributed by atoms with Gasteiger partial charge in [-0.3, -0.25) is 0 Å². The minimum Gasteiger partial charge on any atom is -0.461 e. The van der Waals surface area contributed by atoms with Crippen LogP contribution in [-0.4, -0.2) is 10.9 Å². The summed E-state index contributed by atoms with van der Waals surface area (Å²) in [4.78, 5) is 12.6. The van der Waals surface area contributed by atoms with Crippen molar-refractivity contribution < 1.29 is 14.3 Å². The van der Waals surface area contributed by atoms with Gasteiger partial charge in [-0.15, -0.1) is 0 Å². The molecule has 0 amide bonds. The molecule has 1 saturated carbocycles. The number of ether oxygens (including phenoxy) is 1. The smallest absolute Gasteiger partial charge is 0.343 e. The monoisotopic (exact) mass is 312 g/mol. The van der Waals surface area contributed by atoms with Crippen molar-refractivity contribution >= 4 is 11.0 Å². The highest BCUT2D eigenvalue weighted by Crippen LogP contribution is 2.54. The number of aliphatic hydroxyl groups is 1. The Kier molecular flexibility index (Phi) is 2.97. The quantitative estimate of drug-likeness (QED) is 0.646. The van der Waals surface area contributed by atoms with Crippen LogP contribution in [0.1, 0.15) is 38.2 Å². The molecule has 1 aliphatic carbocycles. The third-order valence-corrected chi connectivity index (χ3v) is 5.54. The molecule has 2 aromatic rings. The van der Waals surface area contributed by atoms with Gasteiger partial charge in [0, 0.05) is 18.3 Å². The molecule has 1 aliphatic heterocycles. The van der Waals surface area contributed by atoms with Crippen molar-refractivity contribution in [3.05, 3.63) is 52.4 Å². The molecule has 120 valence electrons. The maximum Gasteiger partial charge on any atom is 0.343 e.